The van der Waals surface area contributed by atoms with E-state index in [1.807, 2.05) is 19.1 Å². The smallest absolute Gasteiger partial charge is 0.353 e. The van der Waals surface area contributed by atoms with Crippen LogP contribution in [-0.2, 0) is 4.74 Å². The molecule has 0 unspecified atom stereocenters. The molecule has 3 N–H and O–H groups in total. The summed E-state index contributed by atoms with van der Waals surface area (Å²) in [6, 6.07) is 7.30. The minimum absolute atomic E-state index is 0.0212. The predicted octanol–water partition coefficient (Wildman–Crippen LogP) is 2.94. The van der Waals surface area contributed by atoms with Gasteiger partial charge in [-0.15, -0.1) is 0 Å². The lowest BCUT2D eigenvalue weighted by Gasteiger charge is -2.13. The number of aryl methyl sites for hydroxylation is 1. The van der Waals surface area contributed by atoms with Gasteiger partial charge in [0.15, 0.2) is 11.6 Å². The number of nitrogen functional groups attached to an aromatic ring is 1. The Hall–Kier alpha value is -4.81. The Labute approximate surface area is 192 Å². The van der Waals surface area contributed by atoms with E-state index in [1.165, 1.54) is 18.0 Å². The third-order valence-corrected chi connectivity index (χ3v) is 4.97. The maximum Gasteiger partial charge on any atom is 0.353 e. The summed E-state index contributed by atoms with van der Waals surface area (Å²) in [5.41, 5.74) is 6.61. The topological polar surface area (TPSA) is 173 Å². The van der Waals surface area contributed by atoms with Gasteiger partial charge >= 0.3 is 11.7 Å². The van der Waals surface area contributed by atoms with Gasteiger partial charge in [-0.25, -0.2) is 19.7 Å². The number of nitrogens with one attached hydrogen (secondary N) is 1. The number of para-hydroxylation sites is 1. The van der Waals surface area contributed by atoms with Crippen molar-refractivity contribution in [1.82, 2.24) is 24.7 Å². The quantitative estimate of drug-likeness (QED) is 0.234. The van der Waals surface area contributed by atoms with E-state index < -0.39 is 16.6 Å². The van der Waals surface area contributed by atoms with Crippen LogP contribution in [0, 0.1) is 17.0 Å². The van der Waals surface area contributed by atoms with Gasteiger partial charge in [-0.1, -0.05) is 12.1 Å². The number of carbonyl (C=O) groups excluding carboxylic acids is 1. The van der Waals surface area contributed by atoms with Crippen molar-refractivity contribution in [1.29, 1.82) is 0 Å². The molecular formula is C21H20N8O5. The third kappa shape index (κ3) is 3.90. The molecule has 0 aliphatic rings. The minimum atomic E-state index is -0.717. The first-order valence-corrected chi connectivity index (χ1v) is 10.1. The second kappa shape index (κ2) is 8.97. The zero-order valence-electron chi connectivity index (χ0n) is 18.5. The van der Waals surface area contributed by atoms with Crippen LogP contribution in [0.2, 0.25) is 0 Å². The highest BCUT2D eigenvalue weighted by atomic mass is 16.6. The number of nitrogens with two attached hydrogens (primary N) is 1. The summed E-state index contributed by atoms with van der Waals surface area (Å²) in [4.78, 5) is 35.7. The minimum Gasteiger partial charge on any atom is -0.494 e. The summed E-state index contributed by atoms with van der Waals surface area (Å²) in [6.07, 6.45) is 2.35. The van der Waals surface area contributed by atoms with Crippen LogP contribution >= 0.6 is 0 Å². The highest BCUT2D eigenvalue weighted by Crippen LogP contribution is 2.33. The Bertz CT molecular complexity index is 1420. The fourth-order valence-corrected chi connectivity index (χ4v) is 3.42. The van der Waals surface area contributed by atoms with E-state index in [4.69, 9.17) is 15.2 Å². The van der Waals surface area contributed by atoms with Crippen molar-refractivity contribution in [3.63, 3.8) is 0 Å². The van der Waals surface area contributed by atoms with Gasteiger partial charge in [0, 0.05) is 5.39 Å². The number of ether oxygens (including phenoxy) is 2. The number of benzene rings is 1. The van der Waals surface area contributed by atoms with E-state index in [1.54, 1.807) is 19.1 Å². The molecule has 0 radical (unpaired) electrons. The molecule has 4 rings (SSSR count). The van der Waals surface area contributed by atoms with Crippen LogP contribution in [0.25, 0.3) is 16.7 Å². The fraction of sp³-hybridized carbons (Fsp3) is 0.190. The number of nitro groups is 1. The van der Waals surface area contributed by atoms with Crippen molar-refractivity contribution in [3.05, 3.63) is 58.0 Å². The monoisotopic (exact) mass is 464 g/mol. The number of nitrogens with zero attached hydrogens (tertiary/aromatic N) is 6. The molecule has 0 saturated carbocycles. The molecule has 3 aromatic heterocycles. The van der Waals surface area contributed by atoms with Crippen molar-refractivity contribution < 1.29 is 19.2 Å². The summed E-state index contributed by atoms with van der Waals surface area (Å²) < 4.78 is 11.9. The molecule has 174 valence electrons. The van der Waals surface area contributed by atoms with Gasteiger partial charge in [0.1, 0.15) is 23.2 Å². The van der Waals surface area contributed by atoms with Crippen LogP contribution in [0.15, 0.2) is 36.8 Å². The van der Waals surface area contributed by atoms with Crippen LogP contribution in [-0.4, -0.2) is 49.3 Å². The first kappa shape index (κ1) is 22.4. The molecule has 34 heavy (non-hydrogen) atoms. The number of aromatic nitrogens is 5. The predicted molar refractivity (Wildman–Crippen MR) is 122 cm³/mol. The number of fused-ring (bicyclic) bond motifs is 1. The van der Waals surface area contributed by atoms with Gasteiger partial charge in [0.2, 0.25) is 11.6 Å². The van der Waals surface area contributed by atoms with Gasteiger partial charge in [-0.05, 0) is 31.5 Å². The number of pyridine rings is 1. The summed E-state index contributed by atoms with van der Waals surface area (Å²) in [5.74, 6) is -0.307. The molecule has 0 amide bonds. The van der Waals surface area contributed by atoms with Crippen molar-refractivity contribution >= 4 is 40.0 Å². The molecule has 0 aliphatic heterocycles. The van der Waals surface area contributed by atoms with E-state index in [0.717, 1.165) is 17.3 Å². The highest BCUT2D eigenvalue weighted by molar-refractivity contribution is 5.96. The Morgan fingerprint density at radius 2 is 2.12 bits per heavy atom. The number of hydrogen-bond donors (Lipinski definition) is 2. The molecule has 0 fully saturated rings. The third-order valence-electron chi connectivity index (χ3n) is 4.97. The zero-order valence-corrected chi connectivity index (χ0v) is 18.5. The lowest BCUT2D eigenvalue weighted by atomic mass is 10.1. The second-order valence-electron chi connectivity index (χ2n) is 7.03. The Kier molecular flexibility index (Phi) is 5.91. The van der Waals surface area contributed by atoms with E-state index in [0.29, 0.717) is 17.1 Å². The van der Waals surface area contributed by atoms with Crippen LogP contribution in [0.3, 0.4) is 0 Å². The second-order valence-corrected chi connectivity index (χ2v) is 7.03. The van der Waals surface area contributed by atoms with Gasteiger partial charge in [0.05, 0.1) is 24.8 Å². The van der Waals surface area contributed by atoms with E-state index in [-0.39, 0.29) is 29.6 Å². The van der Waals surface area contributed by atoms with Gasteiger partial charge in [-0.2, -0.15) is 9.78 Å². The first-order valence-electron chi connectivity index (χ1n) is 10.1. The molecule has 13 nitrogen and oxygen atoms in total. The average Bonchev–Trinajstić information content (AvgIpc) is 3.22. The number of rotatable bonds is 7. The molecular weight excluding hydrogens is 444 g/mol. The van der Waals surface area contributed by atoms with Crippen LogP contribution in [0.4, 0.5) is 23.1 Å². The summed E-state index contributed by atoms with van der Waals surface area (Å²) in [5, 5.41) is 19.5. The van der Waals surface area contributed by atoms with Crippen molar-refractivity contribution in [3.8, 4) is 11.6 Å². The standard InChI is InChI=1S/C21H20N8O5/c1-4-34-21(30)13-9-25-28(20(13)27-19-17(29(31)32)18(22)23-10-24-19)15-8-11(2)12-6-5-7-14(33-3)16(12)26-15/h5-10H,4H2,1-3H3,(H3,22,23,24,27). The van der Waals surface area contributed by atoms with Gasteiger partial charge < -0.3 is 20.5 Å². The maximum atomic E-state index is 12.6. The Balaban J connectivity index is 1.93. The number of anilines is 3. The lowest BCUT2D eigenvalue weighted by Crippen LogP contribution is -2.12. The molecule has 0 atom stereocenters. The van der Waals surface area contributed by atoms with Gasteiger partial charge in [0.25, 0.3) is 0 Å². The largest absolute Gasteiger partial charge is 0.494 e. The number of methoxy groups -OCH3 is 1. The Morgan fingerprint density at radius 3 is 2.82 bits per heavy atom. The zero-order chi connectivity index (χ0) is 24.4. The molecule has 1 aromatic carbocycles. The highest BCUT2D eigenvalue weighted by Gasteiger charge is 2.27. The molecule has 13 heteroatoms. The lowest BCUT2D eigenvalue weighted by molar-refractivity contribution is -0.383. The fourth-order valence-electron chi connectivity index (χ4n) is 3.42. The summed E-state index contributed by atoms with van der Waals surface area (Å²) >= 11 is 0. The van der Waals surface area contributed by atoms with Crippen molar-refractivity contribution in [2.45, 2.75) is 13.8 Å². The normalized spacial score (nSPS) is 10.8. The average molecular weight is 464 g/mol. The molecule has 0 bridgehead atoms. The molecule has 3 heterocycles. The molecule has 0 saturated heterocycles. The van der Waals surface area contributed by atoms with Crippen molar-refractivity contribution in [2.24, 2.45) is 0 Å². The first-order chi connectivity index (χ1) is 16.3. The number of esters is 1. The SMILES string of the molecule is CCOC(=O)c1cnn(-c2cc(C)c3cccc(OC)c3n2)c1Nc1ncnc(N)c1[N+](=O)[O-]. The van der Waals surface area contributed by atoms with Crippen molar-refractivity contribution in [2.75, 3.05) is 24.8 Å². The van der Waals surface area contributed by atoms with Crippen LogP contribution in [0.5, 0.6) is 5.75 Å². The summed E-state index contributed by atoms with van der Waals surface area (Å²) in [6.45, 7) is 3.67. The molecule has 4 aromatic rings. The van der Waals surface area contributed by atoms with E-state index in [9.17, 15) is 14.9 Å². The van der Waals surface area contributed by atoms with Crippen LogP contribution < -0.4 is 15.8 Å². The van der Waals surface area contributed by atoms with E-state index in [2.05, 4.69) is 25.4 Å². The number of carbonyl (C=O) groups is 1. The maximum absolute atomic E-state index is 12.6. The number of hydrogen-bond acceptors (Lipinski definition) is 11. The molecule has 0 aliphatic carbocycles. The molecule has 0 spiro atoms. The van der Waals surface area contributed by atoms with Crippen LogP contribution in [0.1, 0.15) is 22.8 Å². The summed E-state index contributed by atoms with van der Waals surface area (Å²) in [7, 11) is 1.54. The van der Waals surface area contributed by atoms with E-state index >= 15 is 0 Å². The Morgan fingerprint density at radius 1 is 1.32 bits per heavy atom. The van der Waals surface area contributed by atoms with Gasteiger partial charge in [-0.3, -0.25) is 10.1 Å².